The van der Waals surface area contributed by atoms with Crippen LogP contribution in [0.5, 0.6) is 0 Å². The van der Waals surface area contributed by atoms with E-state index in [1.807, 2.05) is 0 Å². The Hall–Kier alpha value is -3.06. The number of hydroxylamine groups is 1. The molecule has 2 aliphatic rings. The number of nitrogens with zero attached hydrogens (tertiary/aromatic N) is 2. The molecule has 1 aromatic heterocycles. The number of fused-ring (bicyclic) bond motifs is 1. The molecule has 10 nitrogen and oxygen atoms in total. The highest BCUT2D eigenvalue weighted by Gasteiger charge is 2.49. The number of amides is 2. The molecule has 2 aromatic carbocycles. The Bertz CT molecular complexity index is 1600. The quantitative estimate of drug-likeness (QED) is 0.295. The predicted molar refractivity (Wildman–Crippen MR) is 162 cm³/mol. The van der Waals surface area contributed by atoms with Gasteiger partial charge in [-0.05, 0) is 53.8 Å². The van der Waals surface area contributed by atoms with E-state index in [1.54, 1.807) is 59.5 Å². The molecule has 1 aliphatic carbocycles. The number of carbonyl (C=O) groups is 2. The van der Waals surface area contributed by atoms with Gasteiger partial charge in [-0.3, -0.25) is 19.4 Å². The molecule has 5 rings (SSSR count). The van der Waals surface area contributed by atoms with Crippen LogP contribution in [0.4, 0.5) is 0 Å². The summed E-state index contributed by atoms with van der Waals surface area (Å²) in [5.41, 5.74) is 5.06. The molecular weight excluding hydrogens is 615 g/mol. The SMILES string of the molecule is CS(=O)(=O)N[C@H]1CCCCC1N1C(=O)c2ccccc2[C@@H](C(=O)NOCc2ccc(CO)cn2)[C@@H]1c1ccc(Cl)cc1Cl. The van der Waals surface area contributed by atoms with Crippen LogP contribution < -0.4 is 10.2 Å². The second kappa shape index (κ2) is 13.3. The predicted octanol–water partition coefficient (Wildman–Crippen LogP) is 4.27. The topological polar surface area (TPSA) is 138 Å². The summed E-state index contributed by atoms with van der Waals surface area (Å²) in [4.78, 5) is 39.8. The Morgan fingerprint density at radius 1 is 1.09 bits per heavy atom. The van der Waals surface area contributed by atoms with Gasteiger partial charge in [0.1, 0.15) is 6.61 Å². The van der Waals surface area contributed by atoms with Crippen LogP contribution in [0.1, 0.15) is 70.4 Å². The van der Waals surface area contributed by atoms with Gasteiger partial charge in [0.05, 0.1) is 30.5 Å². The fourth-order valence-corrected chi connectivity index (χ4v) is 7.35. The van der Waals surface area contributed by atoms with E-state index in [0.717, 1.165) is 19.1 Å². The first-order valence-corrected chi connectivity index (χ1v) is 16.5. The zero-order valence-electron chi connectivity index (χ0n) is 23.4. The maximum absolute atomic E-state index is 14.3. The van der Waals surface area contributed by atoms with E-state index in [1.165, 1.54) is 6.20 Å². The fourth-order valence-electron chi connectivity index (χ4n) is 6.01. The van der Waals surface area contributed by atoms with Crippen molar-refractivity contribution in [3.63, 3.8) is 0 Å². The molecule has 4 atom stereocenters. The number of pyridine rings is 1. The first-order chi connectivity index (χ1) is 20.6. The minimum absolute atomic E-state index is 0.0379. The van der Waals surface area contributed by atoms with Gasteiger partial charge >= 0.3 is 0 Å². The number of rotatable bonds is 9. The summed E-state index contributed by atoms with van der Waals surface area (Å²) in [6.07, 6.45) is 5.25. The lowest BCUT2D eigenvalue weighted by Gasteiger charge is -2.49. The first-order valence-electron chi connectivity index (χ1n) is 13.9. The Balaban J connectivity index is 1.56. The number of nitrogens with one attached hydrogen (secondary N) is 2. The summed E-state index contributed by atoms with van der Waals surface area (Å²) in [5.74, 6) is -1.80. The second-order valence-electron chi connectivity index (χ2n) is 10.8. The number of hydrogen-bond donors (Lipinski definition) is 3. The number of sulfonamides is 1. The third-order valence-corrected chi connectivity index (χ3v) is 9.15. The maximum atomic E-state index is 14.3. The lowest BCUT2D eigenvalue weighted by atomic mass is 9.76. The van der Waals surface area contributed by atoms with Crippen molar-refractivity contribution in [1.29, 1.82) is 0 Å². The van der Waals surface area contributed by atoms with Crippen LogP contribution >= 0.6 is 23.2 Å². The molecule has 0 bridgehead atoms. The summed E-state index contributed by atoms with van der Waals surface area (Å²) in [6, 6.07) is 13.2. The van der Waals surface area contributed by atoms with Crippen LogP contribution in [-0.2, 0) is 32.9 Å². The number of halogens is 2. The van der Waals surface area contributed by atoms with Gasteiger partial charge in [-0.2, -0.15) is 0 Å². The highest BCUT2D eigenvalue weighted by Crippen LogP contribution is 2.47. The molecule has 0 radical (unpaired) electrons. The molecule has 1 aliphatic heterocycles. The van der Waals surface area contributed by atoms with Crippen molar-refractivity contribution >= 4 is 45.0 Å². The molecule has 1 saturated carbocycles. The molecule has 13 heteroatoms. The largest absolute Gasteiger partial charge is 0.392 e. The van der Waals surface area contributed by atoms with Gasteiger partial charge in [0, 0.05) is 33.9 Å². The van der Waals surface area contributed by atoms with Crippen molar-refractivity contribution in [3.05, 3.63) is 98.8 Å². The van der Waals surface area contributed by atoms with Crippen molar-refractivity contribution in [2.75, 3.05) is 6.26 Å². The molecule has 43 heavy (non-hydrogen) atoms. The minimum atomic E-state index is -3.59. The number of carbonyl (C=O) groups excluding carboxylic acids is 2. The molecule has 2 heterocycles. The number of benzene rings is 2. The average molecular weight is 648 g/mol. The van der Waals surface area contributed by atoms with E-state index in [-0.39, 0.29) is 24.1 Å². The van der Waals surface area contributed by atoms with Gasteiger partial charge in [0.25, 0.3) is 11.8 Å². The molecule has 2 amide bonds. The Morgan fingerprint density at radius 3 is 2.56 bits per heavy atom. The highest BCUT2D eigenvalue weighted by molar-refractivity contribution is 7.88. The Kier molecular flexibility index (Phi) is 9.70. The van der Waals surface area contributed by atoms with Gasteiger partial charge in [-0.15, -0.1) is 0 Å². The van der Waals surface area contributed by atoms with Gasteiger partial charge < -0.3 is 10.0 Å². The Labute approximate surface area is 260 Å². The van der Waals surface area contributed by atoms with Crippen molar-refractivity contribution in [2.24, 2.45) is 0 Å². The average Bonchev–Trinajstić information content (AvgIpc) is 2.97. The normalized spacial score (nSPS) is 22.2. The molecule has 228 valence electrons. The second-order valence-corrected chi connectivity index (χ2v) is 13.4. The summed E-state index contributed by atoms with van der Waals surface area (Å²) < 4.78 is 27.4. The monoisotopic (exact) mass is 646 g/mol. The number of hydrogen-bond acceptors (Lipinski definition) is 7. The standard InChI is InChI=1S/C30H32Cl2N4O6S/c1-43(40,41)35-25-8-4-5-9-26(25)36-28(23-13-11-19(31)14-24(23)32)27(21-6-2-3-7-22(21)30(36)39)29(38)34-42-17-20-12-10-18(16-37)15-33-20/h2-3,6-7,10-15,25-28,35,37H,4-5,8-9,16-17H2,1H3,(H,34,38)/t25-,26?,27+,28-/m0/s1. The number of aliphatic hydroxyl groups is 1. The molecule has 1 unspecified atom stereocenters. The summed E-state index contributed by atoms with van der Waals surface area (Å²) in [5, 5.41) is 9.91. The lowest BCUT2D eigenvalue weighted by molar-refractivity contribution is -0.138. The van der Waals surface area contributed by atoms with Gasteiger partial charge in [0.15, 0.2) is 0 Å². The lowest BCUT2D eigenvalue weighted by Crippen LogP contribution is -2.59. The van der Waals surface area contributed by atoms with Crippen LogP contribution in [-0.4, -0.2) is 53.6 Å². The molecule has 0 saturated heterocycles. The third kappa shape index (κ3) is 7.03. The van der Waals surface area contributed by atoms with Crippen LogP contribution in [0.15, 0.2) is 60.8 Å². The summed E-state index contributed by atoms with van der Waals surface area (Å²) >= 11 is 13.0. The van der Waals surface area contributed by atoms with Gasteiger partial charge in [0.2, 0.25) is 10.0 Å². The van der Waals surface area contributed by atoms with Crippen LogP contribution in [0.2, 0.25) is 10.0 Å². The number of aliphatic hydroxyl groups excluding tert-OH is 1. The van der Waals surface area contributed by atoms with E-state index < -0.39 is 40.0 Å². The maximum Gasteiger partial charge on any atom is 0.255 e. The zero-order valence-corrected chi connectivity index (χ0v) is 25.7. The Morgan fingerprint density at radius 2 is 1.86 bits per heavy atom. The molecular formula is C30H32Cl2N4O6S. The van der Waals surface area contributed by atoms with Crippen molar-refractivity contribution in [3.8, 4) is 0 Å². The van der Waals surface area contributed by atoms with Crippen molar-refractivity contribution < 1.29 is 28.0 Å². The first kappa shape index (κ1) is 31.4. The summed E-state index contributed by atoms with van der Waals surface area (Å²) in [7, 11) is -3.59. The smallest absolute Gasteiger partial charge is 0.255 e. The van der Waals surface area contributed by atoms with E-state index in [9.17, 15) is 23.1 Å². The van der Waals surface area contributed by atoms with Gasteiger partial charge in [-0.25, -0.2) is 18.6 Å². The van der Waals surface area contributed by atoms with E-state index in [2.05, 4.69) is 15.2 Å². The van der Waals surface area contributed by atoms with Crippen molar-refractivity contribution in [2.45, 2.75) is 62.9 Å². The van der Waals surface area contributed by atoms with E-state index in [4.69, 9.17) is 28.0 Å². The zero-order chi connectivity index (χ0) is 30.7. The summed E-state index contributed by atoms with van der Waals surface area (Å²) in [6.45, 7) is -0.179. The molecule has 1 fully saturated rings. The highest BCUT2D eigenvalue weighted by atomic mass is 35.5. The number of aromatic nitrogens is 1. The minimum Gasteiger partial charge on any atom is -0.392 e. The third-order valence-electron chi connectivity index (χ3n) is 7.85. The van der Waals surface area contributed by atoms with Crippen molar-refractivity contribution in [1.82, 2.24) is 20.1 Å². The van der Waals surface area contributed by atoms with E-state index in [0.29, 0.717) is 45.8 Å². The van der Waals surface area contributed by atoms with Crippen LogP contribution in [0, 0.1) is 0 Å². The fraction of sp³-hybridized carbons (Fsp3) is 0.367. The van der Waals surface area contributed by atoms with Gasteiger partial charge in [-0.1, -0.05) is 66.4 Å². The van der Waals surface area contributed by atoms with E-state index >= 15 is 0 Å². The van der Waals surface area contributed by atoms with Crippen LogP contribution in [0.25, 0.3) is 0 Å². The molecule has 3 aromatic rings. The molecule has 3 N–H and O–H groups in total. The molecule has 0 spiro atoms. The van der Waals surface area contributed by atoms with Crippen LogP contribution in [0.3, 0.4) is 0 Å².